The van der Waals surface area contributed by atoms with E-state index in [1.54, 1.807) is 0 Å². The fraction of sp³-hybridized carbons (Fsp3) is 0.500. The molecule has 1 aromatic rings. The molecular formula is C14H18F2N2O. The maximum Gasteiger partial charge on any atom is 0.256 e. The van der Waals surface area contributed by atoms with Crippen LogP contribution in [-0.2, 0) is 0 Å². The summed E-state index contributed by atoms with van der Waals surface area (Å²) in [6, 6.07) is 2.01. The number of benzene rings is 1. The number of amides is 1. The number of aryl methyl sites for hydroxylation is 1. The van der Waals surface area contributed by atoms with E-state index in [4.69, 9.17) is 5.73 Å². The van der Waals surface area contributed by atoms with E-state index in [-0.39, 0.29) is 16.7 Å². The predicted octanol–water partition coefficient (Wildman–Crippen LogP) is 2.23. The van der Waals surface area contributed by atoms with E-state index in [9.17, 15) is 13.6 Å². The molecule has 104 valence electrons. The smallest absolute Gasteiger partial charge is 0.256 e. The summed E-state index contributed by atoms with van der Waals surface area (Å²) in [5.74, 6) is -1.88. The summed E-state index contributed by atoms with van der Waals surface area (Å²) in [6.07, 6.45) is 1.78. The van der Waals surface area contributed by atoms with Crippen molar-refractivity contribution in [3.05, 3.63) is 34.9 Å². The summed E-state index contributed by atoms with van der Waals surface area (Å²) in [6.45, 7) is 4.39. The largest absolute Gasteiger partial charge is 0.335 e. The molecule has 0 bridgehead atoms. The lowest BCUT2D eigenvalue weighted by atomic mass is 9.86. The van der Waals surface area contributed by atoms with Gasteiger partial charge < -0.3 is 10.6 Å². The van der Waals surface area contributed by atoms with Gasteiger partial charge in [-0.05, 0) is 25.0 Å². The zero-order chi connectivity index (χ0) is 14.2. The Hall–Kier alpha value is -1.49. The quantitative estimate of drug-likeness (QED) is 0.913. The molecule has 2 N–H and O–H groups in total. The zero-order valence-corrected chi connectivity index (χ0v) is 11.2. The molecule has 0 saturated carbocycles. The molecule has 1 amide bonds. The molecule has 1 aromatic carbocycles. The second-order valence-corrected chi connectivity index (χ2v) is 5.35. The highest BCUT2D eigenvalue weighted by Crippen LogP contribution is 2.26. The van der Waals surface area contributed by atoms with E-state index in [0.29, 0.717) is 13.1 Å². The van der Waals surface area contributed by atoms with Crippen LogP contribution in [0.1, 0.15) is 35.7 Å². The molecule has 1 aliphatic heterocycles. The molecule has 0 atom stereocenters. The lowest BCUT2D eigenvalue weighted by molar-refractivity contribution is 0.0382. The molecule has 0 aliphatic carbocycles. The molecule has 5 heteroatoms. The minimum Gasteiger partial charge on any atom is -0.335 e. The first-order valence-corrected chi connectivity index (χ1v) is 6.40. The first-order chi connectivity index (χ1) is 8.86. The summed E-state index contributed by atoms with van der Waals surface area (Å²) in [4.78, 5) is 13.6. The van der Waals surface area contributed by atoms with Crippen molar-refractivity contribution >= 4 is 5.91 Å². The maximum absolute atomic E-state index is 13.6. The molecule has 0 spiro atoms. The van der Waals surface area contributed by atoms with Crippen LogP contribution in [0.3, 0.4) is 0 Å². The maximum atomic E-state index is 13.6. The van der Waals surface area contributed by atoms with Gasteiger partial charge in [0.15, 0.2) is 0 Å². The number of hydrogen-bond acceptors (Lipinski definition) is 2. The van der Waals surface area contributed by atoms with Gasteiger partial charge in [-0.25, -0.2) is 8.78 Å². The molecule has 1 aliphatic rings. The Balaban J connectivity index is 2.12. The van der Waals surface area contributed by atoms with Crippen molar-refractivity contribution in [2.24, 2.45) is 5.73 Å². The standard InChI is InChI=1S/C14H18F2N2O/c1-3-4-14(17)7-18(8-14)13(19)10-5-9(2)11(15)6-12(10)16/h5-6H,3-4,7-8,17H2,1-2H3. The average Bonchev–Trinajstić information content (AvgIpc) is 2.30. The number of carbonyl (C=O) groups excluding carboxylic acids is 1. The first kappa shape index (κ1) is 13.9. The predicted molar refractivity (Wildman–Crippen MR) is 68.8 cm³/mol. The highest BCUT2D eigenvalue weighted by Gasteiger charge is 2.41. The molecule has 19 heavy (non-hydrogen) atoms. The van der Waals surface area contributed by atoms with E-state index in [1.807, 2.05) is 6.92 Å². The van der Waals surface area contributed by atoms with Crippen LogP contribution in [0.15, 0.2) is 12.1 Å². The van der Waals surface area contributed by atoms with E-state index < -0.39 is 17.5 Å². The SMILES string of the molecule is CCCC1(N)CN(C(=O)c2cc(C)c(F)cc2F)C1. The number of halogens is 2. The van der Waals surface area contributed by atoms with E-state index in [0.717, 1.165) is 18.9 Å². The summed E-state index contributed by atoms with van der Waals surface area (Å²) >= 11 is 0. The van der Waals surface area contributed by atoms with Crippen molar-refractivity contribution < 1.29 is 13.6 Å². The second kappa shape index (κ2) is 4.89. The second-order valence-electron chi connectivity index (χ2n) is 5.35. The molecular weight excluding hydrogens is 250 g/mol. The number of nitrogens with two attached hydrogens (primary N) is 1. The molecule has 3 nitrogen and oxygen atoms in total. The molecule has 0 unspecified atom stereocenters. The van der Waals surface area contributed by atoms with Crippen LogP contribution in [-0.4, -0.2) is 29.4 Å². The van der Waals surface area contributed by atoms with Crippen molar-refractivity contribution in [2.75, 3.05) is 13.1 Å². The number of nitrogens with zero attached hydrogens (tertiary/aromatic N) is 1. The van der Waals surface area contributed by atoms with Gasteiger partial charge in [0, 0.05) is 19.2 Å². The van der Waals surface area contributed by atoms with Gasteiger partial charge in [0.25, 0.3) is 5.91 Å². The highest BCUT2D eigenvalue weighted by molar-refractivity contribution is 5.95. The molecule has 1 saturated heterocycles. The van der Waals surface area contributed by atoms with Crippen molar-refractivity contribution in [1.82, 2.24) is 4.90 Å². The Morgan fingerprint density at radius 2 is 2.00 bits per heavy atom. The fourth-order valence-corrected chi connectivity index (χ4v) is 2.50. The van der Waals surface area contributed by atoms with Crippen molar-refractivity contribution in [1.29, 1.82) is 0 Å². The first-order valence-electron chi connectivity index (χ1n) is 6.40. The summed E-state index contributed by atoms with van der Waals surface area (Å²) < 4.78 is 26.8. The van der Waals surface area contributed by atoms with Crippen LogP contribution in [0.2, 0.25) is 0 Å². The lowest BCUT2D eigenvalue weighted by Gasteiger charge is -2.47. The van der Waals surface area contributed by atoms with Crippen LogP contribution in [0.4, 0.5) is 8.78 Å². The van der Waals surface area contributed by atoms with Crippen LogP contribution in [0.5, 0.6) is 0 Å². The fourth-order valence-electron chi connectivity index (χ4n) is 2.50. The average molecular weight is 268 g/mol. The third-order valence-electron chi connectivity index (χ3n) is 3.53. The van der Waals surface area contributed by atoms with E-state index in [1.165, 1.54) is 17.9 Å². The van der Waals surface area contributed by atoms with Gasteiger partial charge in [-0.15, -0.1) is 0 Å². The van der Waals surface area contributed by atoms with E-state index in [2.05, 4.69) is 0 Å². The monoisotopic (exact) mass is 268 g/mol. The molecule has 1 fully saturated rings. The van der Waals surface area contributed by atoms with Crippen molar-refractivity contribution in [3.8, 4) is 0 Å². The number of carbonyl (C=O) groups is 1. The normalized spacial score (nSPS) is 17.2. The molecule has 2 rings (SSSR count). The summed E-state index contributed by atoms with van der Waals surface area (Å²) in [5, 5.41) is 0. The molecule has 0 radical (unpaired) electrons. The number of likely N-dealkylation sites (tertiary alicyclic amines) is 1. The lowest BCUT2D eigenvalue weighted by Crippen LogP contribution is -2.68. The third-order valence-corrected chi connectivity index (χ3v) is 3.53. The van der Waals surface area contributed by atoms with Gasteiger partial charge in [-0.1, -0.05) is 13.3 Å². The Kier molecular flexibility index (Phi) is 3.58. The van der Waals surface area contributed by atoms with E-state index >= 15 is 0 Å². The Morgan fingerprint density at radius 1 is 1.37 bits per heavy atom. The summed E-state index contributed by atoms with van der Waals surface area (Å²) in [5.41, 5.74) is 5.89. The van der Waals surface area contributed by atoms with Crippen molar-refractivity contribution in [2.45, 2.75) is 32.2 Å². The Bertz CT molecular complexity index is 510. The van der Waals surface area contributed by atoms with Crippen LogP contribution in [0.25, 0.3) is 0 Å². The van der Waals surface area contributed by atoms with Crippen molar-refractivity contribution in [3.63, 3.8) is 0 Å². The highest BCUT2D eigenvalue weighted by atomic mass is 19.1. The topological polar surface area (TPSA) is 46.3 Å². The summed E-state index contributed by atoms with van der Waals surface area (Å²) in [7, 11) is 0. The van der Waals surface area contributed by atoms with Gasteiger partial charge >= 0.3 is 0 Å². The number of rotatable bonds is 3. The minimum atomic E-state index is -0.821. The number of hydrogen-bond donors (Lipinski definition) is 1. The van der Waals surface area contributed by atoms with Gasteiger partial charge in [0.05, 0.1) is 11.1 Å². The zero-order valence-electron chi connectivity index (χ0n) is 11.2. The van der Waals surface area contributed by atoms with Crippen LogP contribution < -0.4 is 5.73 Å². The van der Waals surface area contributed by atoms with Crippen LogP contribution in [0, 0.1) is 18.6 Å². The van der Waals surface area contributed by atoms with Gasteiger partial charge in [-0.3, -0.25) is 4.79 Å². The minimum absolute atomic E-state index is 0.0857. The van der Waals surface area contributed by atoms with Gasteiger partial charge in [0.1, 0.15) is 11.6 Å². The Morgan fingerprint density at radius 3 is 2.58 bits per heavy atom. The van der Waals surface area contributed by atoms with Gasteiger partial charge in [0.2, 0.25) is 0 Å². The molecule has 0 aromatic heterocycles. The Labute approximate surface area is 111 Å². The van der Waals surface area contributed by atoms with Crippen LogP contribution >= 0.6 is 0 Å². The van der Waals surface area contributed by atoms with Gasteiger partial charge in [-0.2, -0.15) is 0 Å². The third kappa shape index (κ3) is 2.61. The molecule has 1 heterocycles.